The molecule has 0 bridgehead atoms. The topological polar surface area (TPSA) is 107 Å². The fourth-order valence-corrected chi connectivity index (χ4v) is 0.363. The van der Waals surface area contributed by atoms with Crippen LogP contribution in [-0.4, -0.2) is 33.4 Å². The zero-order valence-corrected chi connectivity index (χ0v) is 8.62. The van der Waals surface area contributed by atoms with Gasteiger partial charge in [-0.2, -0.15) is 5.48 Å². The van der Waals surface area contributed by atoms with Gasteiger partial charge in [0.1, 0.15) is 6.04 Å². The molecule has 6 nitrogen and oxygen atoms in total. The first-order valence-corrected chi connectivity index (χ1v) is 2.42. The summed E-state index contributed by atoms with van der Waals surface area (Å²) in [5, 5.41) is 24.2. The zero-order valence-electron chi connectivity index (χ0n) is 5.65. The first kappa shape index (κ1) is 13.1. The molecule has 0 aliphatic carbocycles. The summed E-state index contributed by atoms with van der Waals surface area (Å²) < 4.78 is 0. The predicted molar refractivity (Wildman–Crippen MR) is 28.6 cm³/mol. The summed E-state index contributed by atoms with van der Waals surface area (Å²) in [6, 6.07) is -1.43. The summed E-state index contributed by atoms with van der Waals surface area (Å²) in [4.78, 5) is 19.8. The first-order chi connectivity index (χ1) is 4.57. The van der Waals surface area contributed by atoms with Gasteiger partial charge in [0.25, 0.3) is 0 Å². The van der Waals surface area contributed by atoms with Crippen LogP contribution in [0.2, 0.25) is 0 Å². The van der Waals surface area contributed by atoms with Crippen LogP contribution < -0.4 is 5.48 Å². The number of aliphatic carboxylic acids is 2. The Balaban J connectivity index is 0. The molecule has 0 radical (unpaired) electrons. The zero-order chi connectivity index (χ0) is 8.15. The van der Waals surface area contributed by atoms with Gasteiger partial charge < -0.3 is 15.4 Å². The normalized spacial score (nSPS) is 11.4. The molecule has 0 saturated heterocycles. The van der Waals surface area contributed by atoms with Crippen molar-refractivity contribution in [2.24, 2.45) is 0 Å². The summed E-state index contributed by atoms with van der Waals surface area (Å²) in [6.07, 6.45) is -0.647. The average molecular weight is 214 g/mol. The molecule has 4 N–H and O–H groups in total. The molecule has 60 valence electrons. The molecule has 0 aliphatic rings. The van der Waals surface area contributed by atoms with Gasteiger partial charge in [0.05, 0.1) is 6.42 Å². The molecule has 7 heteroatoms. The molecule has 11 heavy (non-hydrogen) atoms. The van der Waals surface area contributed by atoms with E-state index in [0.717, 1.165) is 0 Å². The van der Waals surface area contributed by atoms with E-state index in [4.69, 9.17) is 15.4 Å². The summed E-state index contributed by atoms with van der Waals surface area (Å²) >= 11 is 0. The van der Waals surface area contributed by atoms with Crippen LogP contribution in [0.15, 0.2) is 0 Å². The molecule has 0 aliphatic heterocycles. The smallest absolute Gasteiger partial charge is 0.323 e. The van der Waals surface area contributed by atoms with Crippen molar-refractivity contribution in [2.45, 2.75) is 12.5 Å². The van der Waals surface area contributed by atoms with Crippen LogP contribution in [0.3, 0.4) is 0 Å². The number of carbonyl (C=O) groups is 2. The van der Waals surface area contributed by atoms with E-state index in [1.54, 1.807) is 0 Å². The van der Waals surface area contributed by atoms with Crippen molar-refractivity contribution in [3.63, 3.8) is 0 Å². The molecule has 0 fully saturated rings. The average Bonchev–Trinajstić information content (AvgIpc) is 1.81. The quantitative estimate of drug-likeness (QED) is 0.349. The van der Waals surface area contributed by atoms with Crippen LogP contribution in [0.25, 0.3) is 0 Å². The molecular weight excluding hydrogens is 207 g/mol. The number of nitrogens with one attached hydrogen (secondary N) is 1. The Kier molecular flexibility index (Phi) is 7.40. The number of hydrogen-bond acceptors (Lipinski definition) is 4. The minimum Gasteiger partial charge on any atom is -0.481 e. The van der Waals surface area contributed by atoms with Gasteiger partial charge in [-0.3, -0.25) is 9.59 Å². The third-order valence-corrected chi connectivity index (χ3v) is 0.833. The van der Waals surface area contributed by atoms with Gasteiger partial charge in [-0.15, -0.1) is 0 Å². The van der Waals surface area contributed by atoms with Gasteiger partial charge in [-0.25, -0.2) is 0 Å². The molecule has 0 saturated carbocycles. The van der Waals surface area contributed by atoms with E-state index in [9.17, 15) is 9.59 Å². The monoisotopic (exact) mass is 213 g/mol. The van der Waals surface area contributed by atoms with Crippen LogP contribution in [0, 0.1) is 0 Å². The minimum absolute atomic E-state index is 0. The number of hydrogen-bond donors (Lipinski definition) is 4. The molecule has 0 rings (SSSR count). The second-order valence-electron chi connectivity index (χ2n) is 1.62. The van der Waals surface area contributed by atoms with Gasteiger partial charge in [0.15, 0.2) is 0 Å². The number of carboxylic acid groups (broad SMARTS) is 2. The van der Waals surface area contributed by atoms with Gasteiger partial charge in [0.2, 0.25) is 0 Å². The van der Waals surface area contributed by atoms with E-state index in [2.05, 4.69) is 0 Å². The fourth-order valence-electron chi connectivity index (χ4n) is 0.363. The summed E-state index contributed by atoms with van der Waals surface area (Å²) in [5.74, 6) is -2.68. The maximum absolute atomic E-state index is 9.98. The summed E-state index contributed by atoms with van der Waals surface area (Å²) in [6.45, 7) is 0. The van der Waals surface area contributed by atoms with Crippen LogP contribution in [0.5, 0.6) is 0 Å². The maximum Gasteiger partial charge on any atom is 0.323 e. The van der Waals surface area contributed by atoms with Crippen molar-refractivity contribution in [3.8, 4) is 0 Å². The van der Waals surface area contributed by atoms with Gasteiger partial charge in [0, 0.05) is 19.5 Å². The van der Waals surface area contributed by atoms with E-state index in [-0.39, 0.29) is 19.5 Å². The standard InChI is InChI=1S/C4H7NO5.Zn/c6-3(7)1-2(5-10)4(8)9;/h2,5,10H,1H2,(H,6,7)(H,8,9);/t2-;/m1./s1. The molecule has 0 aromatic carbocycles. The Labute approximate surface area is 74.9 Å². The van der Waals surface area contributed by atoms with Crippen LogP contribution in [0.4, 0.5) is 0 Å². The van der Waals surface area contributed by atoms with Gasteiger partial charge >= 0.3 is 11.9 Å². The van der Waals surface area contributed by atoms with E-state index < -0.39 is 24.4 Å². The van der Waals surface area contributed by atoms with Crippen molar-refractivity contribution in [1.29, 1.82) is 0 Å². The van der Waals surface area contributed by atoms with Crippen molar-refractivity contribution in [2.75, 3.05) is 0 Å². The van der Waals surface area contributed by atoms with Gasteiger partial charge in [-0.1, -0.05) is 0 Å². The Hall–Kier alpha value is -0.517. The molecule has 0 unspecified atom stereocenters. The Morgan fingerprint density at radius 3 is 1.91 bits per heavy atom. The Morgan fingerprint density at radius 1 is 1.36 bits per heavy atom. The molecule has 0 heterocycles. The fraction of sp³-hybridized carbons (Fsp3) is 0.500. The minimum atomic E-state index is -1.43. The summed E-state index contributed by atoms with van der Waals surface area (Å²) in [7, 11) is 0. The van der Waals surface area contributed by atoms with Gasteiger partial charge in [-0.05, 0) is 0 Å². The molecule has 0 amide bonds. The van der Waals surface area contributed by atoms with Crippen molar-refractivity contribution < 1.29 is 44.5 Å². The van der Waals surface area contributed by atoms with E-state index in [1.165, 1.54) is 5.48 Å². The van der Waals surface area contributed by atoms with E-state index in [1.807, 2.05) is 0 Å². The number of hydroxylamine groups is 1. The van der Waals surface area contributed by atoms with Crippen molar-refractivity contribution in [1.82, 2.24) is 5.48 Å². The molecule has 0 aromatic heterocycles. The molecule has 0 spiro atoms. The second kappa shape index (κ2) is 6.21. The van der Waals surface area contributed by atoms with E-state index in [0.29, 0.717) is 0 Å². The number of rotatable bonds is 4. The predicted octanol–water partition coefficient (Wildman–Crippen LogP) is -1.11. The SMILES string of the molecule is O=C(O)C[C@@H](NO)C(=O)O.[Zn]. The third-order valence-electron chi connectivity index (χ3n) is 0.833. The Bertz CT molecular complexity index is 149. The first-order valence-electron chi connectivity index (χ1n) is 2.42. The maximum atomic E-state index is 9.98. The Morgan fingerprint density at radius 2 is 1.82 bits per heavy atom. The van der Waals surface area contributed by atoms with Crippen LogP contribution >= 0.6 is 0 Å². The van der Waals surface area contributed by atoms with Crippen LogP contribution in [-0.2, 0) is 29.1 Å². The largest absolute Gasteiger partial charge is 0.481 e. The van der Waals surface area contributed by atoms with Crippen molar-refractivity contribution in [3.05, 3.63) is 0 Å². The molecular formula is C4H7NO5Zn. The third kappa shape index (κ3) is 5.91. The molecule has 1 atom stereocenters. The molecule has 0 aromatic rings. The number of carboxylic acids is 2. The van der Waals surface area contributed by atoms with Crippen molar-refractivity contribution >= 4 is 11.9 Å². The van der Waals surface area contributed by atoms with Crippen LogP contribution in [0.1, 0.15) is 6.42 Å². The van der Waals surface area contributed by atoms with E-state index >= 15 is 0 Å². The summed E-state index contributed by atoms with van der Waals surface area (Å²) in [5.41, 5.74) is 1.35. The second-order valence-corrected chi connectivity index (χ2v) is 1.62.